The molecule has 0 fully saturated rings. The highest BCUT2D eigenvalue weighted by Gasteiger charge is 2.20. The second kappa shape index (κ2) is 8.74. The Kier molecular flexibility index (Phi) is 5.99. The van der Waals surface area contributed by atoms with Gasteiger partial charge in [0.2, 0.25) is 5.89 Å². The number of aromatic nitrogens is 4. The summed E-state index contributed by atoms with van der Waals surface area (Å²) >= 11 is 0. The zero-order valence-electron chi connectivity index (χ0n) is 18.9. The van der Waals surface area contributed by atoms with Crippen molar-refractivity contribution >= 4 is 15.7 Å². The molecule has 0 bridgehead atoms. The molecular formula is C24H25N5O3S. The van der Waals surface area contributed by atoms with Gasteiger partial charge in [0.1, 0.15) is 0 Å². The third-order valence-corrected chi connectivity index (χ3v) is 7.50. The topological polar surface area (TPSA) is 125 Å². The average molecular weight is 464 g/mol. The second-order valence-corrected chi connectivity index (χ2v) is 10.8. The lowest BCUT2D eigenvalue weighted by Crippen LogP contribution is -2.13. The van der Waals surface area contributed by atoms with E-state index >= 15 is 0 Å². The molecule has 0 unspecified atom stereocenters. The van der Waals surface area contributed by atoms with Crippen molar-refractivity contribution < 1.29 is 12.8 Å². The first-order valence-electron chi connectivity index (χ1n) is 10.6. The summed E-state index contributed by atoms with van der Waals surface area (Å²) in [6.45, 7) is 7.53. The van der Waals surface area contributed by atoms with E-state index in [1.165, 1.54) is 6.20 Å². The first-order chi connectivity index (χ1) is 15.7. The van der Waals surface area contributed by atoms with Crippen molar-refractivity contribution in [2.24, 2.45) is 0 Å². The van der Waals surface area contributed by atoms with Crippen molar-refractivity contribution in [3.8, 4) is 34.3 Å². The van der Waals surface area contributed by atoms with Crippen molar-refractivity contribution in [2.75, 3.05) is 5.73 Å². The molecule has 0 atom stereocenters. The predicted molar refractivity (Wildman–Crippen MR) is 127 cm³/mol. The van der Waals surface area contributed by atoms with Crippen LogP contribution in [0, 0.1) is 0 Å². The van der Waals surface area contributed by atoms with Gasteiger partial charge >= 0.3 is 0 Å². The summed E-state index contributed by atoms with van der Waals surface area (Å²) in [7, 11) is -3.36. The number of benzene rings is 2. The van der Waals surface area contributed by atoms with Crippen LogP contribution in [0.3, 0.4) is 0 Å². The molecule has 0 saturated heterocycles. The van der Waals surface area contributed by atoms with Crippen molar-refractivity contribution in [3.63, 3.8) is 0 Å². The van der Waals surface area contributed by atoms with Gasteiger partial charge in [-0.25, -0.2) is 18.4 Å². The van der Waals surface area contributed by atoms with E-state index < -0.39 is 15.1 Å². The van der Waals surface area contributed by atoms with E-state index in [9.17, 15) is 8.42 Å². The molecule has 0 saturated carbocycles. The number of sulfone groups is 1. The molecule has 2 N–H and O–H groups in total. The maximum absolute atomic E-state index is 12.4. The minimum atomic E-state index is -3.36. The van der Waals surface area contributed by atoms with Crippen LogP contribution in [0.15, 0.2) is 64.0 Å². The Morgan fingerprint density at radius 1 is 0.909 bits per heavy atom. The monoisotopic (exact) mass is 463 g/mol. The van der Waals surface area contributed by atoms with Crippen LogP contribution in [0.25, 0.3) is 34.3 Å². The second-order valence-electron chi connectivity index (χ2n) is 8.30. The summed E-state index contributed by atoms with van der Waals surface area (Å²) < 4.78 is 30.6. The fourth-order valence-electron chi connectivity index (χ4n) is 3.25. The number of nitrogen functional groups attached to an aromatic ring is 1. The van der Waals surface area contributed by atoms with Crippen LogP contribution in [0.5, 0.6) is 0 Å². The molecule has 33 heavy (non-hydrogen) atoms. The highest BCUT2D eigenvalue weighted by molar-refractivity contribution is 7.92. The molecule has 2 aromatic carbocycles. The first kappa shape index (κ1) is 22.6. The summed E-state index contributed by atoms with van der Waals surface area (Å²) in [5.41, 5.74) is 9.49. The number of nitrogens with zero attached hydrogens (tertiary/aromatic N) is 4. The zero-order chi connectivity index (χ0) is 23.8. The van der Waals surface area contributed by atoms with Crippen molar-refractivity contribution in [2.45, 2.75) is 43.8 Å². The lowest BCUT2D eigenvalue weighted by molar-refractivity contribution is 0.582. The quantitative estimate of drug-likeness (QED) is 0.434. The summed E-state index contributed by atoms with van der Waals surface area (Å²) in [6.07, 6.45) is 1.52. The van der Waals surface area contributed by atoms with Crippen LogP contribution in [0.4, 0.5) is 5.82 Å². The molecule has 4 aromatic rings. The number of hydrogen-bond donors (Lipinski definition) is 1. The molecule has 0 aliphatic rings. The summed E-state index contributed by atoms with van der Waals surface area (Å²) in [4.78, 5) is 9.04. The average Bonchev–Trinajstić information content (AvgIpc) is 3.29. The Bertz CT molecular complexity index is 1390. The van der Waals surface area contributed by atoms with Crippen LogP contribution in [0.2, 0.25) is 0 Å². The van der Waals surface area contributed by atoms with Gasteiger partial charge in [0.05, 0.1) is 22.0 Å². The van der Waals surface area contributed by atoms with E-state index in [2.05, 4.69) is 40.1 Å². The molecule has 2 aromatic heterocycles. The molecule has 170 valence electrons. The van der Waals surface area contributed by atoms with E-state index in [0.717, 1.165) is 11.1 Å². The Hall–Kier alpha value is -3.59. The standard InChI is InChI=1S/C24H25N5O3S/c1-14(2)17-6-5-7-18(12-17)23-28-29-24(32-23)21-22(25)26-13-20(27-21)16-8-10-19(11-9-16)33(30,31)15(3)4/h5-15H,1-4H3,(H2,25,26). The van der Waals surface area contributed by atoms with Crippen LogP contribution in [0.1, 0.15) is 39.2 Å². The Balaban J connectivity index is 1.67. The summed E-state index contributed by atoms with van der Waals surface area (Å²) in [5.74, 6) is 1.05. The van der Waals surface area contributed by atoms with Gasteiger partial charge < -0.3 is 10.2 Å². The molecule has 0 aliphatic heterocycles. The highest BCUT2D eigenvalue weighted by atomic mass is 32.2. The minimum absolute atomic E-state index is 0.156. The maximum Gasteiger partial charge on any atom is 0.270 e. The van der Waals surface area contributed by atoms with Crippen molar-refractivity contribution in [1.82, 2.24) is 20.2 Å². The molecule has 2 heterocycles. The molecule has 0 aliphatic carbocycles. The molecular weight excluding hydrogens is 438 g/mol. The molecule has 8 nitrogen and oxygen atoms in total. The summed E-state index contributed by atoms with van der Waals surface area (Å²) in [6, 6.07) is 14.4. The number of rotatable bonds is 6. The maximum atomic E-state index is 12.4. The van der Waals surface area contributed by atoms with Gasteiger partial charge in [0.25, 0.3) is 5.89 Å². The smallest absolute Gasteiger partial charge is 0.270 e. The van der Waals surface area contributed by atoms with E-state index in [0.29, 0.717) is 23.1 Å². The Morgan fingerprint density at radius 2 is 1.61 bits per heavy atom. The fourth-order valence-corrected chi connectivity index (χ4v) is 4.31. The molecule has 0 radical (unpaired) electrons. The number of hydrogen-bond acceptors (Lipinski definition) is 8. The van der Waals surface area contributed by atoms with E-state index in [-0.39, 0.29) is 22.3 Å². The van der Waals surface area contributed by atoms with Gasteiger partial charge in [-0.3, -0.25) is 0 Å². The first-order valence-corrected chi connectivity index (χ1v) is 12.1. The van der Waals surface area contributed by atoms with E-state index in [4.69, 9.17) is 10.2 Å². The van der Waals surface area contributed by atoms with Gasteiger partial charge in [0, 0.05) is 11.1 Å². The van der Waals surface area contributed by atoms with Gasteiger partial charge in [-0.1, -0.05) is 38.1 Å². The lowest BCUT2D eigenvalue weighted by atomic mass is 10.0. The molecule has 4 rings (SSSR count). The largest absolute Gasteiger partial charge is 0.414 e. The van der Waals surface area contributed by atoms with Crippen LogP contribution in [-0.2, 0) is 9.84 Å². The molecule has 0 amide bonds. The predicted octanol–water partition coefficient (Wildman–Crippen LogP) is 4.75. The van der Waals surface area contributed by atoms with Crippen molar-refractivity contribution in [1.29, 1.82) is 0 Å². The van der Waals surface area contributed by atoms with Crippen LogP contribution in [-0.4, -0.2) is 33.8 Å². The Labute approximate surface area is 192 Å². The van der Waals surface area contributed by atoms with E-state index in [1.807, 2.05) is 18.2 Å². The zero-order valence-corrected chi connectivity index (χ0v) is 19.7. The van der Waals surface area contributed by atoms with Crippen molar-refractivity contribution in [3.05, 3.63) is 60.3 Å². The van der Waals surface area contributed by atoms with Crippen LogP contribution < -0.4 is 5.73 Å². The third-order valence-electron chi connectivity index (χ3n) is 5.33. The van der Waals surface area contributed by atoms with Crippen LogP contribution >= 0.6 is 0 Å². The van der Waals surface area contributed by atoms with Gasteiger partial charge in [-0.2, -0.15) is 0 Å². The van der Waals surface area contributed by atoms with Gasteiger partial charge in [-0.05, 0) is 49.6 Å². The number of anilines is 1. The Morgan fingerprint density at radius 3 is 2.27 bits per heavy atom. The normalized spacial score (nSPS) is 11.9. The fraction of sp³-hybridized carbons (Fsp3) is 0.250. The number of nitrogens with two attached hydrogens (primary N) is 1. The third kappa shape index (κ3) is 4.49. The van der Waals surface area contributed by atoms with Gasteiger partial charge in [-0.15, -0.1) is 10.2 Å². The molecule has 9 heteroatoms. The van der Waals surface area contributed by atoms with E-state index in [1.54, 1.807) is 38.1 Å². The van der Waals surface area contributed by atoms with Gasteiger partial charge in [0.15, 0.2) is 21.3 Å². The highest BCUT2D eigenvalue weighted by Crippen LogP contribution is 2.29. The SMILES string of the molecule is CC(C)c1cccc(-c2nnc(-c3nc(-c4ccc(S(=O)(=O)C(C)C)cc4)cnc3N)o2)c1. The molecule has 0 spiro atoms. The summed E-state index contributed by atoms with van der Waals surface area (Å²) in [5, 5.41) is 7.77. The lowest BCUT2D eigenvalue weighted by Gasteiger charge is -2.09. The minimum Gasteiger partial charge on any atom is -0.414 e.